The van der Waals surface area contributed by atoms with Gasteiger partial charge in [0, 0.05) is 18.2 Å². The first-order valence-electron chi connectivity index (χ1n) is 6.22. The van der Waals surface area contributed by atoms with Crippen molar-refractivity contribution in [2.45, 2.75) is 31.2 Å². The smallest absolute Gasteiger partial charge is 0.243 e. The molecule has 5 nitrogen and oxygen atoms in total. The van der Waals surface area contributed by atoms with Crippen LogP contribution in [0.4, 0.5) is 5.69 Å². The minimum Gasteiger partial charge on any atom is -0.495 e. The van der Waals surface area contributed by atoms with Gasteiger partial charge in [0.05, 0.1) is 17.7 Å². The molecule has 1 aromatic carbocycles. The van der Waals surface area contributed by atoms with Gasteiger partial charge in [-0.05, 0) is 32.9 Å². The molecule has 0 saturated carbocycles. The van der Waals surface area contributed by atoms with Gasteiger partial charge >= 0.3 is 0 Å². The molecule has 0 spiro atoms. The Morgan fingerprint density at radius 3 is 2.45 bits per heavy atom. The Balaban J connectivity index is 3.37. The molecule has 6 heteroatoms. The molecule has 0 aromatic heterocycles. The Kier molecular flexibility index (Phi) is 4.83. The predicted octanol–water partition coefficient (Wildman–Crippen LogP) is 2.25. The lowest BCUT2D eigenvalue weighted by Gasteiger charge is -2.33. The van der Waals surface area contributed by atoms with Crippen molar-refractivity contribution in [1.29, 1.82) is 0 Å². The highest BCUT2D eigenvalue weighted by Crippen LogP contribution is 2.29. The van der Waals surface area contributed by atoms with Crippen molar-refractivity contribution in [2.75, 3.05) is 19.4 Å². The van der Waals surface area contributed by atoms with Gasteiger partial charge in [-0.15, -0.1) is 6.58 Å². The van der Waals surface area contributed by atoms with E-state index in [9.17, 15) is 8.42 Å². The first kappa shape index (κ1) is 16.5. The first-order valence-corrected chi connectivity index (χ1v) is 7.66. The summed E-state index contributed by atoms with van der Waals surface area (Å²) in [7, 11) is -2.19. The van der Waals surface area contributed by atoms with Crippen LogP contribution >= 0.6 is 0 Å². The first-order chi connectivity index (χ1) is 9.14. The molecule has 0 aliphatic rings. The van der Waals surface area contributed by atoms with Crippen LogP contribution in [0, 0.1) is 0 Å². The maximum atomic E-state index is 12.7. The normalized spacial score (nSPS) is 12.4. The Labute approximate surface area is 121 Å². The van der Waals surface area contributed by atoms with E-state index < -0.39 is 15.6 Å². The van der Waals surface area contributed by atoms with Gasteiger partial charge in [0.15, 0.2) is 0 Å². The average molecular weight is 298 g/mol. The number of ether oxygens (including phenoxy) is 1. The van der Waals surface area contributed by atoms with Crippen molar-refractivity contribution in [3.8, 4) is 5.75 Å². The van der Waals surface area contributed by atoms with Gasteiger partial charge in [-0.3, -0.25) is 0 Å². The van der Waals surface area contributed by atoms with Crippen LogP contribution in [0.3, 0.4) is 0 Å². The van der Waals surface area contributed by atoms with Crippen LogP contribution in [0.1, 0.15) is 20.8 Å². The van der Waals surface area contributed by atoms with E-state index in [1.807, 2.05) is 20.8 Å². The monoisotopic (exact) mass is 298 g/mol. The van der Waals surface area contributed by atoms with Crippen molar-refractivity contribution in [3.63, 3.8) is 0 Å². The maximum absolute atomic E-state index is 12.7. The van der Waals surface area contributed by atoms with E-state index in [0.717, 1.165) is 0 Å². The maximum Gasteiger partial charge on any atom is 0.243 e. The highest BCUT2D eigenvalue weighted by Gasteiger charge is 2.33. The number of anilines is 1. The lowest BCUT2D eigenvalue weighted by atomic mass is 10.1. The van der Waals surface area contributed by atoms with E-state index in [4.69, 9.17) is 10.5 Å². The standard InChI is InChI=1S/C14H22N2O3S/c1-6-9-16(14(2,3)4)20(17,18)11-7-8-12(15)13(10-11)19-5/h6-8,10H,1,9,15H2,2-5H3. The fraction of sp³-hybridized carbons (Fsp3) is 0.429. The number of sulfonamides is 1. The molecular formula is C14H22N2O3S. The Morgan fingerprint density at radius 1 is 1.40 bits per heavy atom. The van der Waals surface area contributed by atoms with Gasteiger partial charge in [0.25, 0.3) is 0 Å². The summed E-state index contributed by atoms with van der Waals surface area (Å²) in [5.41, 5.74) is 5.56. The molecule has 1 aromatic rings. The number of nitrogen functional groups attached to an aromatic ring is 1. The molecule has 0 unspecified atom stereocenters. The summed E-state index contributed by atoms with van der Waals surface area (Å²) < 4.78 is 31.9. The van der Waals surface area contributed by atoms with E-state index in [0.29, 0.717) is 11.4 Å². The van der Waals surface area contributed by atoms with Crippen LogP contribution < -0.4 is 10.5 Å². The van der Waals surface area contributed by atoms with Crippen molar-refractivity contribution in [3.05, 3.63) is 30.9 Å². The molecule has 0 atom stereocenters. The van der Waals surface area contributed by atoms with Gasteiger partial charge in [-0.2, -0.15) is 4.31 Å². The molecule has 0 bridgehead atoms. The second-order valence-electron chi connectivity index (χ2n) is 5.40. The molecule has 2 N–H and O–H groups in total. The number of benzene rings is 1. The fourth-order valence-corrected chi connectivity index (χ4v) is 3.60. The molecule has 0 heterocycles. The summed E-state index contributed by atoms with van der Waals surface area (Å²) in [6.07, 6.45) is 1.57. The summed E-state index contributed by atoms with van der Waals surface area (Å²) in [6, 6.07) is 4.45. The van der Waals surface area contributed by atoms with Crippen LogP contribution in [-0.2, 0) is 10.0 Å². The lowest BCUT2D eigenvalue weighted by molar-refractivity contribution is 0.269. The zero-order chi connectivity index (χ0) is 15.6. The van der Waals surface area contributed by atoms with Gasteiger partial charge in [0.2, 0.25) is 10.0 Å². The van der Waals surface area contributed by atoms with Gasteiger partial charge in [-0.1, -0.05) is 6.08 Å². The summed E-state index contributed by atoms with van der Waals surface area (Å²) in [5, 5.41) is 0. The molecule has 1 rings (SSSR count). The Bertz CT molecular complexity index is 589. The molecule has 0 saturated heterocycles. The summed E-state index contributed by atoms with van der Waals surface area (Å²) >= 11 is 0. The van der Waals surface area contributed by atoms with E-state index in [-0.39, 0.29) is 11.4 Å². The summed E-state index contributed by atoms with van der Waals surface area (Å²) in [6.45, 7) is 9.36. The number of nitrogens with zero attached hydrogens (tertiary/aromatic N) is 1. The molecule has 0 amide bonds. The van der Waals surface area contributed by atoms with Crippen molar-refractivity contribution < 1.29 is 13.2 Å². The van der Waals surface area contributed by atoms with Crippen molar-refractivity contribution in [2.24, 2.45) is 0 Å². The molecule has 0 aliphatic carbocycles. The second-order valence-corrected chi connectivity index (χ2v) is 7.26. The van der Waals surface area contributed by atoms with Crippen molar-refractivity contribution >= 4 is 15.7 Å². The van der Waals surface area contributed by atoms with Crippen LogP contribution in [0.15, 0.2) is 35.7 Å². The minimum atomic E-state index is -3.64. The van der Waals surface area contributed by atoms with Gasteiger partial charge in [0.1, 0.15) is 5.75 Å². The highest BCUT2D eigenvalue weighted by atomic mass is 32.2. The topological polar surface area (TPSA) is 72.6 Å². The van der Waals surface area contributed by atoms with E-state index >= 15 is 0 Å². The van der Waals surface area contributed by atoms with Gasteiger partial charge < -0.3 is 10.5 Å². The molecule has 0 radical (unpaired) electrons. The fourth-order valence-electron chi connectivity index (χ4n) is 1.83. The molecular weight excluding hydrogens is 276 g/mol. The van der Waals surface area contributed by atoms with Gasteiger partial charge in [-0.25, -0.2) is 8.42 Å². The Morgan fingerprint density at radius 2 is 2.00 bits per heavy atom. The van der Waals surface area contributed by atoms with Crippen LogP contribution in [0.5, 0.6) is 5.75 Å². The zero-order valence-corrected chi connectivity index (χ0v) is 13.2. The summed E-state index contributed by atoms with van der Waals surface area (Å²) in [4.78, 5) is 0.153. The minimum absolute atomic E-state index is 0.153. The van der Waals surface area contributed by atoms with E-state index in [2.05, 4.69) is 6.58 Å². The van der Waals surface area contributed by atoms with E-state index in [1.54, 1.807) is 6.08 Å². The van der Waals surface area contributed by atoms with Crippen molar-refractivity contribution in [1.82, 2.24) is 4.31 Å². The molecule has 0 aliphatic heterocycles. The highest BCUT2D eigenvalue weighted by molar-refractivity contribution is 7.89. The lowest BCUT2D eigenvalue weighted by Crippen LogP contribution is -2.45. The SMILES string of the molecule is C=CCN(C(C)(C)C)S(=O)(=O)c1ccc(N)c(OC)c1. The molecule has 112 valence electrons. The molecule has 0 fully saturated rings. The number of hydrogen-bond acceptors (Lipinski definition) is 4. The van der Waals surface area contributed by atoms with Crippen LogP contribution in [-0.4, -0.2) is 31.9 Å². The third-order valence-electron chi connectivity index (χ3n) is 2.84. The number of methoxy groups -OCH3 is 1. The second kappa shape index (κ2) is 5.85. The molecule has 20 heavy (non-hydrogen) atoms. The Hall–Kier alpha value is -1.53. The van der Waals surface area contributed by atoms with Crippen LogP contribution in [0.25, 0.3) is 0 Å². The largest absolute Gasteiger partial charge is 0.495 e. The zero-order valence-electron chi connectivity index (χ0n) is 12.4. The summed E-state index contributed by atoms with van der Waals surface area (Å²) in [5.74, 6) is 0.346. The van der Waals surface area contributed by atoms with Crippen LogP contribution in [0.2, 0.25) is 0 Å². The average Bonchev–Trinajstić information content (AvgIpc) is 2.34. The third-order valence-corrected chi connectivity index (χ3v) is 4.96. The quantitative estimate of drug-likeness (QED) is 0.668. The predicted molar refractivity (Wildman–Crippen MR) is 81.2 cm³/mol. The van der Waals surface area contributed by atoms with E-state index in [1.165, 1.54) is 29.6 Å². The third kappa shape index (κ3) is 3.32. The number of hydrogen-bond donors (Lipinski definition) is 1. The number of nitrogens with two attached hydrogens (primary N) is 1. The number of rotatable bonds is 5.